The number of aromatic nitrogens is 1. The number of nitrogens with zero attached hydrogens (tertiary/aromatic N) is 3. The summed E-state index contributed by atoms with van der Waals surface area (Å²) in [6.45, 7) is 2.39. The van der Waals surface area contributed by atoms with Gasteiger partial charge in [0, 0.05) is 12.7 Å². The van der Waals surface area contributed by atoms with Crippen LogP contribution in [0.3, 0.4) is 0 Å². The molecule has 126 valence electrons. The van der Waals surface area contributed by atoms with Crippen LogP contribution in [-0.2, 0) is 4.79 Å². The van der Waals surface area contributed by atoms with E-state index in [-0.39, 0.29) is 11.5 Å². The number of hydrogen-bond acceptors (Lipinski definition) is 5. The van der Waals surface area contributed by atoms with Gasteiger partial charge < -0.3 is 5.11 Å². The van der Waals surface area contributed by atoms with E-state index in [4.69, 9.17) is 5.11 Å². The molecule has 1 fully saturated rings. The summed E-state index contributed by atoms with van der Waals surface area (Å²) in [5.74, 6) is -0.555. The maximum absolute atomic E-state index is 12.6. The molecular weight excluding hydrogens is 338 g/mol. The van der Waals surface area contributed by atoms with Gasteiger partial charge in [0.05, 0.1) is 10.5 Å². The summed E-state index contributed by atoms with van der Waals surface area (Å²) in [4.78, 5) is 34.2. The third-order valence-corrected chi connectivity index (χ3v) is 4.53. The number of carboxylic acid groups (broad SMARTS) is 1. The van der Waals surface area contributed by atoms with Crippen molar-refractivity contribution in [3.05, 3.63) is 64.7 Å². The molecule has 0 radical (unpaired) electrons. The first kappa shape index (κ1) is 16.9. The highest BCUT2D eigenvalue weighted by molar-refractivity contribution is 8.18. The zero-order valence-corrected chi connectivity index (χ0v) is 14.2. The minimum absolute atomic E-state index is 0.121. The normalized spacial score (nSPS) is 17.5. The van der Waals surface area contributed by atoms with Crippen LogP contribution in [0.5, 0.6) is 0 Å². The van der Waals surface area contributed by atoms with Crippen molar-refractivity contribution in [1.29, 1.82) is 0 Å². The number of aromatic carboxylic acids is 1. The molecule has 0 saturated carbocycles. The third kappa shape index (κ3) is 3.77. The van der Waals surface area contributed by atoms with E-state index in [1.165, 1.54) is 23.9 Å². The lowest BCUT2D eigenvalue weighted by atomic mass is 10.1. The van der Waals surface area contributed by atoms with Crippen molar-refractivity contribution in [2.45, 2.75) is 6.92 Å². The van der Waals surface area contributed by atoms with E-state index < -0.39 is 5.97 Å². The Balaban J connectivity index is 1.89. The minimum atomic E-state index is -0.979. The molecule has 25 heavy (non-hydrogen) atoms. The first-order valence-electron chi connectivity index (χ1n) is 7.63. The van der Waals surface area contributed by atoms with E-state index in [0.717, 1.165) is 5.56 Å². The molecule has 1 aromatic carbocycles. The van der Waals surface area contributed by atoms with Gasteiger partial charge in [0.15, 0.2) is 11.0 Å². The van der Waals surface area contributed by atoms with E-state index in [0.29, 0.717) is 22.4 Å². The molecule has 0 aliphatic carbocycles. The number of benzene rings is 1. The molecule has 1 saturated heterocycles. The SMILES string of the molecule is CCN1C(=O)/C(=C\c2ccc(C(=O)O)cc2)S/C1=N\c1ccccn1. The molecule has 2 aromatic rings. The fourth-order valence-corrected chi connectivity index (χ4v) is 3.31. The van der Waals surface area contributed by atoms with Crippen molar-refractivity contribution in [1.82, 2.24) is 9.88 Å². The molecule has 0 bridgehead atoms. The topological polar surface area (TPSA) is 82.9 Å². The number of carboxylic acids is 1. The zero-order valence-electron chi connectivity index (χ0n) is 13.4. The van der Waals surface area contributed by atoms with Crippen molar-refractivity contribution in [2.75, 3.05) is 6.54 Å². The molecule has 1 aromatic heterocycles. The van der Waals surface area contributed by atoms with Crippen LogP contribution in [0.1, 0.15) is 22.8 Å². The number of carbonyl (C=O) groups is 2. The number of aliphatic imine (C=N–C) groups is 1. The minimum Gasteiger partial charge on any atom is -0.478 e. The van der Waals surface area contributed by atoms with E-state index in [9.17, 15) is 9.59 Å². The number of rotatable bonds is 4. The van der Waals surface area contributed by atoms with Gasteiger partial charge in [-0.25, -0.2) is 14.8 Å². The molecular formula is C18H15N3O3S. The van der Waals surface area contributed by atoms with Gasteiger partial charge in [0.25, 0.3) is 5.91 Å². The summed E-state index contributed by atoms with van der Waals surface area (Å²) in [7, 11) is 0. The molecule has 0 atom stereocenters. The predicted octanol–water partition coefficient (Wildman–Crippen LogP) is 3.40. The Hall–Kier alpha value is -2.93. The van der Waals surface area contributed by atoms with Crippen molar-refractivity contribution >= 4 is 40.7 Å². The monoisotopic (exact) mass is 353 g/mol. The van der Waals surface area contributed by atoms with Crippen LogP contribution >= 0.6 is 11.8 Å². The highest BCUT2D eigenvalue weighted by Crippen LogP contribution is 2.33. The van der Waals surface area contributed by atoms with Crippen LogP contribution in [0.15, 0.2) is 58.6 Å². The Kier molecular flexibility index (Phi) is 4.95. The van der Waals surface area contributed by atoms with Gasteiger partial charge in [-0.2, -0.15) is 0 Å². The van der Waals surface area contributed by atoms with Crippen LogP contribution < -0.4 is 0 Å². The van der Waals surface area contributed by atoms with Crippen LogP contribution in [-0.4, -0.2) is 38.6 Å². The Labute approximate surface area is 148 Å². The second kappa shape index (κ2) is 7.31. The Morgan fingerprint density at radius 2 is 2.04 bits per heavy atom. The van der Waals surface area contributed by atoms with Gasteiger partial charge in [0.1, 0.15) is 0 Å². The van der Waals surface area contributed by atoms with Crippen LogP contribution in [0.2, 0.25) is 0 Å². The molecule has 1 amide bonds. The van der Waals surface area contributed by atoms with Crippen LogP contribution in [0.25, 0.3) is 6.08 Å². The number of hydrogen-bond donors (Lipinski definition) is 1. The second-order valence-corrected chi connectivity index (χ2v) is 6.18. The molecule has 2 heterocycles. The van der Waals surface area contributed by atoms with E-state index in [1.54, 1.807) is 41.4 Å². The molecule has 0 unspecified atom stereocenters. The first-order valence-corrected chi connectivity index (χ1v) is 8.44. The van der Waals surface area contributed by atoms with Gasteiger partial charge in [-0.05, 0) is 54.6 Å². The number of amides is 1. The predicted molar refractivity (Wildman–Crippen MR) is 97.7 cm³/mol. The summed E-state index contributed by atoms with van der Waals surface area (Å²) >= 11 is 1.28. The maximum Gasteiger partial charge on any atom is 0.335 e. The lowest BCUT2D eigenvalue weighted by Crippen LogP contribution is -2.28. The standard InChI is InChI=1S/C18H15N3O3S/c1-2-21-16(22)14(11-12-6-8-13(9-7-12)17(23)24)25-18(21)20-15-5-3-4-10-19-15/h3-11H,2H2,1H3,(H,23,24)/b14-11+,20-18-. The van der Waals surface area contributed by atoms with Gasteiger partial charge in [0.2, 0.25) is 0 Å². The zero-order chi connectivity index (χ0) is 17.8. The van der Waals surface area contributed by atoms with Gasteiger partial charge >= 0.3 is 5.97 Å². The number of carbonyl (C=O) groups excluding carboxylic acids is 1. The smallest absolute Gasteiger partial charge is 0.335 e. The summed E-state index contributed by atoms with van der Waals surface area (Å²) < 4.78 is 0. The van der Waals surface area contributed by atoms with E-state index in [2.05, 4.69) is 9.98 Å². The molecule has 0 spiro atoms. The quantitative estimate of drug-likeness (QED) is 0.852. The number of thioether (sulfide) groups is 1. The van der Waals surface area contributed by atoms with Crippen molar-refractivity contribution in [3.63, 3.8) is 0 Å². The summed E-state index contributed by atoms with van der Waals surface area (Å²) in [5, 5.41) is 9.52. The highest BCUT2D eigenvalue weighted by Gasteiger charge is 2.32. The number of likely N-dealkylation sites (N-methyl/N-ethyl adjacent to an activating group) is 1. The molecule has 1 N–H and O–H groups in total. The molecule has 7 heteroatoms. The Morgan fingerprint density at radius 3 is 2.64 bits per heavy atom. The Bertz CT molecular complexity index is 861. The first-order chi connectivity index (χ1) is 12.1. The van der Waals surface area contributed by atoms with E-state index >= 15 is 0 Å². The fourth-order valence-electron chi connectivity index (χ4n) is 2.26. The van der Waals surface area contributed by atoms with Crippen LogP contribution in [0.4, 0.5) is 5.82 Å². The van der Waals surface area contributed by atoms with Crippen molar-refractivity contribution in [3.8, 4) is 0 Å². The lowest BCUT2D eigenvalue weighted by Gasteiger charge is -2.11. The van der Waals surface area contributed by atoms with Crippen molar-refractivity contribution < 1.29 is 14.7 Å². The van der Waals surface area contributed by atoms with Gasteiger partial charge in [-0.15, -0.1) is 0 Å². The van der Waals surface area contributed by atoms with Gasteiger partial charge in [-0.1, -0.05) is 18.2 Å². The lowest BCUT2D eigenvalue weighted by molar-refractivity contribution is -0.122. The Morgan fingerprint density at radius 1 is 1.28 bits per heavy atom. The molecule has 6 nitrogen and oxygen atoms in total. The summed E-state index contributed by atoms with van der Waals surface area (Å²) in [6, 6.07) is 11.8. The van der Waals surface area contributed by atoms with Crippen LogP contribution in [0, 0.1) is 0 Å². The summed E-state index contributed by atoms with van der Waals surface area (Å²) in [5.41, 5.74) is 0.969. The number of pyridine rings is 1. The number of amidine groups is 1. The molecule has 1 aliphatic rings. The largest absolute Gasteiger partial charge is 0.478 e. The van der Waals surface area contributed by atoms with E-state index in [1.807, 2.05) is 13.0 Å². The second-order valence-electron chi connectivity index (χ2n) is 5.17. The average Bonchev–Trinajstić information content (AvgIpc) is 2.91. The molecule has 1 aliphatic heterocycles. The summed E-state index contributed by atoms with van der Waals surface area (Å²) in [6.07, 6.45) is 3.39. The van der Waals surface area contributed by atoms with Gasteiger partial charge in [-0.3, -0.25) is 9.69 Å². The maximum atomic E-state index is 12.6. The fraction of sp³-hybridized carbons (Fsp3) is 0.111. The highest BCUT2D eigenvalue weighted by atomic mass is 32.2. The molecule has 3 rings (SSSR count). The van der Waals surface area contributed by atoms with Crippen molar-refractivity contribution in [2.24, 2.45) is 4.99 Å². The third-order valence-electron chi connectivity index (χ3n) is 3.52. The average molecular weight is 353 g/mol.